The molecule has 0 aliphatic heterocycles. The summed E-state index contributed by atoms with van der Waals surface area (Å²) < 4.78 is 15.4. The van der Waals surface area contributed by atoms with E-state index in [1.165, 1.54) is 44.2 Å². The van der Waals surface area contributed by atoms with Crippen LogP contribution in [0.15, 0.2) is 42.6 Å². The van der Waals surface area contributed by atoms with E-state index in [2.05, 4.69) is 28.7 Å². The average molecular weight is 399 g/mol. The van der Waals surface area contributed by atoms with Crippen molar-refractivity contribution in [2.45, 2.75) is 90.3 Å². The maximum absolute atomic E-state index is 13.2. The maximum atomic E-state index is 13.2. The van der Waals surface area contributed by atoms with Crippen molar-refractivity contribution >= 4 is 5.91 Å². The zero-order chi connectivity index (χ0) is 20.5. The fraction of sp³-hybridized carbons (Fsp3) is 0.560. The van der Waals surface area contributed by atoms with Crippen molar-refractivity contribution in [3.63, 3.8) is 0 Å². The van der Waals surface area contributed by atoms with Gasteiger partial charge in [0.2, 0.25) is 5.91 Å². The summed E-state index contributed by atoms with van der Waals surface area (Å²) in [6.45, 7) is 3.57. The minimum Gasteiger partial charge on any atom is -0.345 e. The Morgan fingerprint density at radius 3 is 2.55 bits per heavy atom. The van der Waals surface area contributed by atoms with Gasteiger partial charge in [-0.3, -0.25) is 4.79 Å². The summed E-state index contributed by atoms with van der Waals surface area (Å²) in [5.41, 5.74) is 2.22. The number of benzene rings is 1. The second-order valence-electron chi connectivity index (χ2n) is 8.38. The monoisotopic (exact) mass is 398 g/mol. The molecule has 158 valence electrons. The highest BCUT2D eigenvalue weighted by Crippen LogP contribution is 2.25. The smallest absolute Gasteiger partial charge is 0.223 e. The quantitative estimate of drug-likeness (QED) is 0.431. The highest BCUT2D eigenvalue weighted by molar-refractivity contribution is 5.76. The van der Waals surface area contributed by atoms with E-state index in [9.17, 15) is 9.18 Å². The van der Waals surface area contributed by atoms with Crippen LogP contribution < -0.4 is 0 Å². The van der Waals surface area contributed by atoms with Crippen LogP contribution in [0.3, 0.4) is 0 Å². The zero-order valence-corrected chi connectivity index (χ0v) is 17.8. The molecule has 0 radical (unpaired) electrons. The molecule has 1 aromatic heterocycles. The van der Waals surface area contributed by atoms with Crippen molar-refractivity contribution in [1.29, 1.82) is 0 Å². The van der Waals surface area contributed by atoms with Gasteiger partial charge >= 0.3 is 0 Å². The molecule has 4 heteroatoms. The minimum atomic E-state index is -0.210. The van der Waals surface area contributed by atoms with Crippen molar-refractivity contribution in [2.24, 2.45) is 0 Å². The van der Waals surface area contributed by atoms with E-state index in [0.29, 0.717) is 31.5 Å². The Hall–Kier alpha value is -2.10. The van der Waals surface area contributed by atoms with Crippen LogP contribution in [0.1, 0.15) is 82.4 Å². The topological polar surface area (TPSA) is 25.2 Å². The van der Waals surface area contributed by atoms with Crippen molar-refractivity contribution in [3.05, 3.63) is 59.7 Å². The van der Waals surface area contributed by atoms with Crippen LogP contribution in [0.4, 0.5) is 4.39 Å². The van der Waals surface area contributed by atoms with Gasteiger partial charge in [0, 0.05) is 30.9 Å². The predicted molar refractivity (Wildman–Crippen MR) is 116 cm³/mol. The molecule has 0 saturated heterocycles. The summed E-state index contributed by atoms with van der Waals surface area (Å²) >= 11 is 0. The summed E-state index contributed by atoms with van der Waals surface area (Å²) in [5, 5.41) is 0. The van der Waals surface area contributed by atoms with Crippen LogP contribution in [-0.4, -0.2) is 21.4 Å². The molecule has 3 rings (SSSR count). The second-order valence-corrected chi connectivity index (χ2v) is 8.38. The molecule has 1 aliphatic rings. The normalized spacial score (nSPS) is 14.8. The number of carbonyl (C=O) groups is 1. The first kappa shape index (κ1) is 21.6. The SMILES string of the molecule is CCCCCCC(=O)N(Cc1cccn1Cc1ccc(F)cc1)C1CCCCC1. The van der Waals surface area contributed by atoms with E-state index in [-0.39, 0.29) is 5.82 Å². The Morgan fingerprint density at radius 1 is 1.07 bits per heavy atom. The second kappa shape index (κ2) is 11.2. The highest BCUT2D eigenvalue weighted by atomic mass is 19.1. The molecule has 3 nitrogen and oxygen atoms in total. The van der Waals surface area contributed by atoms with Crippen LogP contribution in [0.2, 0.25) is 0 Å². The van der Waals surface area contributed by atoms with Crippen molar-refractivity contribution in [1.82, 2.24) is 9.47 Å². The number of rotatable bonds is 10. The van der Waals surface area contributed by atoms with Gasteiger partial charge in [0.05, 0.1) is 6.54 Å². The first-order chi connectivity index (χ1) is 14.2. The molecule has 1 aliphatic carbocycles. The Balaban J connectivity index is 1.69. The summed E-state index contributed by atoms with van der Waals surface area (Å²) in [6.07, 6.45) is 13.2. The van der Waals surface area contributed by atoms with Gasteiger partial charge in [-0.2, -0.15) is 0 Å². The average Bonchev–Trinajstić information content (AvgIpc) is 3.18. The fourth-order valence-electron chi connectivity index (χ4n) is 4.37. The lowest BCUT2D eigenvalue weighted by molar-refractivity contribution is -0.135. The van der Waals surface area contributed by atoms with E-state index < -0.39 is 0 Å². The lowest BCUT2D eigenvalue weighted by Crippen LogP contribution is -2.41. The van der Waals surface area contributed by atoms with Crippen molar-refractivity contribution in [3.8, 4) is 0 Å². The first-order valence-electron chi connectivity index (χ1n) is 11.4. The van der Waals surface area contributed by atoms with Gasteiger partial charge in [-0.25, -0.2) is 4.39 Å². The summed E-state index contributed by atoms with van der Waals surface area (Å²) in [6, 6.07) is 11.2. The summed E-state index contributed by atoms with van der Waals surface area (Å²) in [5.74, 6) is 0.0983. The first-order valence-corrected chi connectivity index (χ1v) is 11.4. The summed E-state index contributed by atoms with van der Waals surface area (Å²) in [4.78, 5) is 15.3. The number of hydrogen-bond acceptors (Lipinski definition) is 1. The lowest BCUT2D eigenvalue weighted by Gasteiger charge is -2.35. The number of carbonyl (C=O) groups excluding carboxylic acids is 1. The van der Waals surface area contributed by atoms with Gasteiger partial charge in [-0.05, 0) is 49.1 Å². The molecule has 1 aromatic carbocycles. The number of halogens is 1. The van der Waals surface area contributed by atoms with Crippen molar-refractivity contribution < 1.29 is 9.18 Å². The molecular weight excluding hydrogens is 363 g/mol. The third-order valence-corrected chi connectivity index (χ3v) is 6.10. The molecule has 0 bridgehead atoms. The highest BCUT2D eigenvalue weighted by Gasteiger charge is 2.26. The minimum absolute atomic E-state index is 0.210. The zero-order valence-electron chi connectivity index (χ0n) is 17.8. The van der Waals surface area contributed by atoms with Crippen LogP contribution in [0.25, 0.3) is 0 Å². The molecule has 2 aromatic rings. The van der Waals surface area contributed by atoms with Crippen LogP contribution in [0, 0.1) is 5.82 Å². The molecule has 1 heterocycles. The molecule has 0 unspecified atom stereocenters. The molecule has 1 amide bonds. The van der Waals surface area contributed by atoms with Gasteiger partial charge in [-0.1, -0.05) is 57.6 Å². The number of hydrogen-bond donors (Lipinski definition) is 0. The van der Waals surface area contributed by atoms with Crippen molar-refractivity contribution in [2.75, 3.05) is 0 Å². The van der Waals surface area contributed by atoms with E-state index in [0.717, 1.165) is 36.9 Å². The largest absolute Gasteiger partial charge is 0.345 e. The maximum Gasteiger partial charge on any atom is 0.223 e. The Bertz CT molecular complexity index is 746. The number of unbranched alkanes of at least 4 members (excludes halogenated alkanes) is 3. The van der Waals surface area contributed by atoms with E-state index in [4.69, 9.17) is 0 Å². The Labute approximate surface area is 174 Å². The third kappa shape index (κ3) is 6.45. The number of aromatic nitrogens is 1. The molecule has 1 fully saturated rings. The van der Waals surface area contributed by atoms with Gasteiger partial charge in [-0.15, -0.1) is 0 Å². The molecule has 0 spiro atoms. The molecule has 0 N–H and O–H groups in total. The van der Waals surface area contributed by atoms with Gasteiger partial charge < -0.3 is 9.47 Å². The van der Waals surface area contributed by atoms with Crippen LogP contribution in [-0.2, 0) is 17.9 Å². The van der Waals surface area contributed by atoms with Gasteiger partial charge in [0.1, 0.15) is 5.82 Å². The number of amides is 1. The van der Waals surface area contributed by atoms with Gasteiger partial charge in [0.15, 0.2) is 0 Å². The van der Waals surface area contributed by atoms with E-state index >= 15 is 0 Å². The fourth-order valence-corrected chi connectivity index (χ4v) is 4.37. The Kier molecular flexibility index (Phi) is 8.33. The Morgan fingerprint density at radius 2 is 1.83 bits per heavy atom. The van der Waals surface area contributed by atoms with Crippen LogP contribution in [0.5, 0.6) is 0 Å². The summed E-state index contributed by atoms with van der Waals surface area (Å²) in [7, 11) is 0. The molecule has 0 atom stereocenters. The number of nitrogens with zero attached hydrogens (tertiary/aromatic N) is 2. The van der Waals surface area contributed by atoms with Gasteiger partial charge in [0.25, 0.3) is 0 Å². The molecular formula is C25H35FN2O. The third-order valence-electron chi connectivity index (χ3n) is 6.10. The van der Waals surface area contributed by atoms with E-state index in [1.807, 2.05) is 18.2 Å². The lowest BCUT2D eigenvalue weighted by atomic mass is 9.93. The standard InChI is InChI=1S/C25H35FN2O/c1-2-3-4-8-13-25(29)28(23-10-6-5-7-11-23)20-24-12-9-18-27(24)19-21-14-16-22(26)17-15-21/h9,12,14-18,23H,2-8,10-11,13,19-20H2,1H3. The van der Waals surface area contributed by atoms with E-state index in [1.54, 1.807) is 0 Å². The predicted octanol–water partition coefficient (Wildman–Crippen LogP) is 6.31. The molecule has 1 saturated carbocycles. The van der Waals surface area contributed by atoms with Crippen LogP contribution >= 0.6 is 0 Å². The molecule has 29 heavy (non-hydrogen) atoms.